The molecular formula is C26H19F2NO6. The highest BCUT2D eigenvalue weighted by Gasteiger charge is 2.13. The molecule has 0 bridgehead atoms. The molecule has 1 aromatic heterocycles. The molecule has 0 saturated carbocycles. The van der Waals surface area contributed by atoms with E-state index in [9.17, 15) is 23.2 Å². The number of halogens is 2. The van der Waals surface area contributed by atoms with Crippen LogP contribution >= 0.6 is 0 Å². The zero-order valence-corrected chi connectivity index (χ0v) is 18.5. The number of rotatable bonds is 7. The van der Waals surface area contributed by atoms with Crippen LogP contribution in [0.15, 0.2) is 75.9 Å². The predicted octanol–water partition coefficient (Wildman–Crippen LogP) is 4.75. The molecule has 1 amide bonds. The Morgan fingerprint density at radius 1 is 0.971 bits per heavy atom. The minimum Gasteiger partial charge on any atom is -0.489 e. The lowest BCUT2D eigenvalue weighted by atomic mass is 10.1. The molecule has 178 valence electrons. The normalized spacial score (nSPS) is 10.7. The van der Waals surface area contributed by atoms with Gasteiger partial charge in [-0.2, -0.15) is 0 Å². The summed E-state index contributed by atoms with van der Waals surface area (Å²) in [5, 5.41) is 2.96. The molecule has 0 aliphatic heterocycles. The molecule has 9 heteroatoms. The van der Waals surface area contributed by atoms with Gasteiger partial charge in [-0.3, -0.25) is 4.79 Å². The summed E-state index contributed by atoms with van der Waals surface area (Å²) in [4.78, 5) is 35.7. The molecule has 4 rings (SSSR count). The standard InChI is InChI=1S/C26H19F2NO6/c1-15-10-25(31)35-23-12-19(7-8-20(15)23)33-13-16-2-4-17(5-3-16)26(32)34-14-24(30)29-22-11-18(27)6-9-21(22)28/h2-12H,13-14H2,1H3,(H,29,30). The van der Waals surface area contributed by atoms with Gasteiger partial charge in [-0.15, -0.1) is 0 Å². The Balaban J connectivity index is 1.31. The number of carbonyl (C=O) groups excluding carboxylic acids is 2. The van der Waals surface area contributed by atoms with Gasteiger partial charge in [0.2, 0.25) is 0 Å². The third-order valence-electron chi connectivity index (χ3n) is 5.05. The lowest BCUT2D eigenvalue weighted by molar-refractivity contribution is -0.119. The van der Waals surface area contributed by atoms with Crippen molar-refractivity contribution in [3.8, 4) is 5.75 Å². The summed E-state index contributed by atoms with van der Waals surface area (Å²) < 4.78 is 42.7. The van der Waals surface area contributed by atoms with Crippen LogP contribution in [0.2, 0.25) is 0 Å². The van der Waals surface area contributed by atoms with Crippen molar-refractivity contribution in [1.82, 2.24) is 0 Å². The quantitative estimate of drug-likeness (QED) is 0.304. The Morgan fingerprint density at radius 3 is 2.51 bits per heavy atom. The second-order valence-electron chi connectivity index (χ2n) is 7.64. The van der Waals surface area contributed by atoms with E-state index in [1.807, 2.05) is 6.92 Å². The number of nitrogens with one attached hydrogen (secondary N) is 1. The minimum absolute atomic E-state index is 0.193. The maximum absolute atomic E-state index is 13.6. The number of benzene rings is 3. The number of ether oxygens (including phenoxy) is 2. The van der Waals surface area contributed by atoms with Gasteiger partial charge in [-0.25, -0.2) is 18.4 Å². The lowest BCUT2D eigenvalue weighted by Crippen LogP contribution is -2.21. The number of fused-ring (bicyclic) bond motifs is 1. The van der Waals surface area contributed by atoms with Crippen LogP contribution in [0.3, 0.4) is 0 Å². The Labute approximate surface area is 197 Å². The molecule has 0 aliphatic rings. The molecule has 0 saturated heterocycles. The van der Waals surface area contributed by atoms with Gasteiger partial charge < -0.3 is 19.2 Å². The first-order chi connectivity index (χ1) is 16.8. The van der Waals surface area contributed by atoms with Crippen molar-refractivity contribution in [2.75, 3.05) is 11.9 Å². The average molecular weight is 479 g/mol. The van der Waals surface area contributed by atoms with Gasteiger partial charge in [0.05, 0.1) is 11.3 Å². The first-order valence-electron chi connectivity index (χ1n) is 10.5. The van der Waals surface area contributed by atoms with Crippen molar-refractivity contribution >= 4 is 28.5 Å². The summed E-state index contributed by atoms with van der Waals surface area (Å²) in [5.74, 6) is -2.59. The van der Waals surface area contributed by atoms with Crippen molar-refractivity contribution in [1.29, 1.82) is 0 Å². The molecule has 0 spiro atoms. The van der Waals surface area contributed by atoms with E-state index in [-0.39, 0.29) is 17.9 Å². The zero-order valence-electron chi connectivity index (χ0n) is 18.5. The third kappa shape index (κ3) is 5.89. The number of hydrogen-bond acceptors (Lipinski definition) is 6. The Hall–Kier alpha value is -4.53. The number of aryl methyl sites for hydroxylation is 1. The van der Waals surface area contributed by atoms with E-state index in [4.69, 9.17) is 13.9 Å². The predicted molar refractivity (Wildman–Crippen MR) is 123 cm³/mol. The molecule has 7 nitrogen and oxygen atoms in total. The molecule has 1 N–H and O–H groups in total. The van der Waals surface area contributed by atoms with E-state index in [0.29, 0.717) is 11.3 Å². The molecule has 4 aromatic rings. The fourth-order valence-corrected chi connectivity index (χ4v) is 3.29. The molecule has 0 atom stereocenters. The third-order valence-corrected chi connectivity index (χ3v) is 5.05. The highest BCUT2D eigenvalue weighted by molar-refractivity contribution is 5.95. The van der Waals surface area contributed by atoms with Gasteiger partial charge in [0.25, 0.3) is 5.91 Å². The highest BCUT2D eigenvalue weighted by Crippen LogP contribution is 2.23. The van der Waals surface area contributed by atoms with Crippen molar-refractivity contribution in [3.05, 3.63) is 105 Å². The number of carbonyl (C=O) groups is 2. The van der Waals surface area contributed by atoms with Gasteiger partial charge in [0.15, 0.2) is 6.61 Å². The summed E-state index contributed by atoms with van der Waals surface area (Å²) in [5.41, 5.74) is 1.40. The molecule has 35 heavy (non-hydrogen) atoms. The lowest BCUT2D eigenvalue weighted by Gasteiger charge is -2.09. The van der Waals surface area contributed by atoms with Gasteiger partial charge >= 0.3 is 11.6 Å². The van der Waals surface area contributed by atoms with Crippen LogP contribution in [0, 0.1) is 18.6 Å². The molecular weight excluding hydrogens is 460 g/mol. The Bertz CT molecular complexity index is 1460. The summed E-state index contributed by atoms with van der Waals surface area (Å²) in [7, 11) is 0. The van der Waals surface area contributed by atoms with E-state index < -0.39 is 35.7 Å². The van der Waals surface area contributed by atoms with Crippen LogP contribution < -0.4 is 15.7 Å². The Morgan fingerprint density at radius 2 is 1.74 bits per heavy atom. The highest BCUT2D eigenvalue weighted by atomic mass is 19.1. The van der Waals surface area contributed by atoms with Crippen molar-refractivity contribution < 1.29 is 32.3 Å². The fraction of sp³-hybridized carbons (Fsp3) is 0.115. The van der Waals surface area contributed by atoms with Crippen LogP contribution in [0.4, 0.5) is 14.5 Å². The minimum atomic E-state index is -0.813. The van der Waals surface area contributed by atoms with Gasteiger partial charge in [0, 0.05) is 23.6 Å². The fourth-order valence-electron chi connectivity index (χ4n) is 3.29. The largest absolute Gasteiger partial charge is 0.489 e. The van der Waals surface area contributed by atoms with Crippen LogP contribution in [0.25, 0.3) is 11.0 Å². The molecule has 1 heterocycles. The number of hydrogen-bond donors (Lipinski definition) is 1. The molecule has 0 aliphatic carbocycles. The van der Waals surface area contributed by atoms with E-state index in [2.05, 4.69) is 5.32 Å². The maximum atomic E-state index is 13.6. The maximum Gasteiger partial charge on any atom is 0.338 e. The summed E-state index contributed by atoms with van der Waals surface area (Å²) in [6.07, 6.45) is 0. The molecule has 0 radical (unpaired) electrons. The Kier molecular flexibility index (Phi) is 6.86. The first kappa shape index (κ1) is 23.6. The van der Waals surface area contributed by atoms with E-state index in [1.54, 1.807) is 30.3 Å². The summed E-state index contributed by atoms with van der Waals surface area (Å²) in [6.45, 7) is 1.35. The van der Waals surface area contributed by atoms with E-state index in [0.717, 1.165) is 34.7 Å². The van der Waals surface area contributed by atoms with Crippen molar-refractivity contribution in [2.24, 2.45) is 0 Å². The monoisotopic (exact) mass is 479 g/mol. The average Bonchev–Trinajstić information content (AvgIpc) is 2.83. The van der Waals surface area contributed by atoms with Crippen molar-refractivity contribution in [2.45, 2.75) is 13.5 Å². The molecule has 3 aromatic carbocycles. The SMILES string of the molecule is Cc1cc(=O)oc2cc(OCc3ccc(C(=O)OCC(=O)Nc4cc(F)ccc4F)cc3)ccc12. The summed E-state index contributed by atoms with van der Waals surface area (Å²) in [6, 6.07) is 15.6. The van der Waals surface area contributed by atoms with Gasteiger partial charge in [-0.1, -0.05) is 12.1 Å². The second kappa shape index (κ2) is 10.2. The zero-order chi connectivity index (χ0) is 24.9. The first-order valence-corrected chi connectivity index (χ1v) is 10.5. The summed E-state index contributed by atoms with van der Waals surface area (Å²) >= 11 is 0. The topological polar surface area (TPSA) is 94.8 Å². The van der Waals surface area contributed by atoms with Gasteiger partial charge in [-0.05, 0) is 54.4 Å². The molecule has 0 unspecified atom stereocenters. The van der Waals surface area contributed by atoms with Crippen LogP contribution in [0.1, 0.15) is 21.5 Å². The smallest absolute Gasteiger partial charge is 0.338 e. The van der Waals surface area contributed by atoms with Crippen LogP contribution in [-0.2, 0) is 16.1 Å². The molecule has 0 fully saturated rings. The second-order valence-corrected chi connectivity index (χ2v) is 7.64. The van der Waals surface area contributed by atoms with E-state index >= 15 is 0 Å². The van der Waals surface area contributed by atoms with Crippen LogP contribution in [0.5, 0.6) is 5.75 Å². The van der Waals surface area contributed by atoms with Crippen molar-refractivity contribution in [3.63, 3.8) is 0 Å². The van der Waals surface area contributed by atoms with E-state index in [1.165, 1.54) is 18.2 Å². The number of anilines is 1. The van der Waals surface area contributed by atoms with Crippen LogP contribution in [-0.4, -0.2) is 18.5 Å². The van der Waals surface area contributed by atoms with Gasteiger partial charge in [0.1, 0.15) is 29.6 Å². The number of amides is 1. The number of esters is 1.